The minimum atomic E-state index is -4.09. The molecule has 1 heterocycles. The van der Waals surface area contributed by atoms with E-state index in [1.165, 1.54) is 10.5 Å². The Balaban J connectivity index is 1.82. The highest BCUT2D eigenvalue weighted by molar-refractivity contribution is 9.10. The Morgan fingerprint density at radius 3 is 2.48 bits per heavy atom. The molecule has 2 nitrogen and oxygen atoms in total. The van der Waals surface area contributed by atoms with Gasteiger partial charge >= 0.3 is 6.18 Å². The Labute approximate surface area is 131 Å². The molecule has 0 amide bonds. The zero-order valence-electron chi connectivity index (χ0n) is 12.0. The first-order chi connectivity index (χ1) is 9.85. The third-order valence-corrected chi connectivity index (χ3v) is 4.57. The lowest BCUT2D eigenvalue weighted by molar-refractivity contribution is -0.148. The smallest absolute Gasteiger partial charge is 0.307 e. The summed E-state index contributed by atoms with van der Waals surface area (Å²) in [5, 5.41) is 3.52. The van der Waals surface area contributed by atoms with Crippen LogP contribution in [0.4, 0.5) is 13.2 Å². The minimum Gasteiger partial charge on any atom is -0.307 e. The van der Waals surface area contributed by atoms with E-state index >= 15 is 0 Å². The van der Waals surface area contributed by atoms with Gasteiger partial charge in [-0.2, -0.15) is 13.2 Å². The molecule has 0 spiro atoms. The fraction of sp³-hybridized carbons (Fsp3) is 0.600. The van der Waals surface area contributed by atoms with Crippen LogP contribution in [0.2, 0.25) is 0 Å². The van der Waals surface area contributed by atoms with Gasteiger partial charge in [0.1, 0.15) is 0 Å². The summed E-state index contributed by atoms with van der Waals surface area (Å²) >= 11 is 3.53. The molecule has 0 aliphatic carbocycles. The van der Waals surface area contributed by atoms with Gasteiger partial charge in [0, 0.05) is 16.6 Å². The summed E-state index contributed by atoms with van der Waals surface area (Å²) in [5.41, 5.74) is 1.18. The second kappa shape index (κ2) is 7.11. The average Bonchev–Trinajstić information content (AvgIpc) is 2.40. The number of benzene rings is 1. The van der Waals surface area contributed by atoms with Gasteiger partial charge in [-0.3, -0.25) is 4.90 Å². The molecule has 118 valence electrons. The lowest BCUT2D eigenvalue weighted by atomic mass is 10.0. The van der Waals surface area contributed by atoms with Crippen LogP contribution in [-0.4, -0.2) is 36.8 Å². The van der Waals surface area contributed by atoms with E-state index in [4.69, 9.17) is 0 Å². The zero-order chi connectivity index (χ0) is 15.5. The summed E-state index contributed by atoms with van der Waals surface area (Å²) < 4.78 is 38.1. The quantitative estimate of drug-likeness (QED) is 0.863. The lowest BCUT2D eigenvalue weighted by Gasteiger charge is -2.34. The third kappa shape index (κ3) is 5.27. The van der Waals surface area contributed by atoms with Gasteiger partial charge in [0.2, 0.25) is 0 Å². The van der Waals surface area contributed by atoms with Gasteiger partial charge in [0.15, 0.2) is 0 Å². The third-order valence-electron chi connectivity index (χ3n) is 3.85. The summed E-state index contributed by atoms with van der Waals surface area (Å²) in [4.78, 5) is 1.49. The van der Waals surface area contributed by atoms with Gasteiger partial charge in [-0.1, -0.05) is 34.1 Å². The van der Waals surface area contributed by atoms with Crippen molar-refractivity contribution in [3.63, 3.8) is 0 Å². The zero-order valence-corrected chi connectivity index (χ0v) is 13.5. The molecule has 21 heavy (non-hydrogen) atoms. The maximum absolute atomic E-state index is 12.4. The number of rotatable bonds is 4. The molecule has 1 atom stereocenters. The summed E-state index contributed by atoms with van der Waals surface area (Å²) in [6.07, 6.45) is -2.59. The van der Waals surface area contributed by atoms with Crippen LogP contribution in [0, 0.1) is 0 Å². The molecule has 1 aliphatic heterocycles. The standard InChI is InChI=1S/C15H20BrF3N2/c1-11(13-4-2-3-5-14(13)16)20-12-6-8-21(9-7-12)10-15(17,18)19/h2-5,11-12,20H,6-10H2,1H3/t11-/m1/s1. The largest absolute Gasteiger partial charge is 0.401 e. The van der Waals surface area contributed by atoms with Gasteiger partial charge in [0.05, 0.1) is 6.54 Å². The van der Waals surface area contributed by atoms with E-state index in [1.54, 1.807) is 0 Å². The van der Waals surface area contributed by atoms with Crippen molar-refractivity contribution in [2.75, 3.05) is 19.6 Å². The maximum atomic E-state index is 12.4. The van der Waals surface area contributed by atoms with Crippen LogP contribution >= 0.6 is 15.9 Å². The van der Waals surface area contributed by atoms with Gasteiger partial charge in [-0.05, 0) is 44.5 Å². The second-order valence-corrected chi connectivity index (χ2v) is 6.43. The molecule has 1 aliphatic rings. The summed E-state index contributed by atoms with van der Waals surface area (Å²) in [5.74, 6) is 0. The molecule has 0 aromatic heterocycles. The van der Waals surface area contributed by atoms with Gasteiger partial charge in [-0.25, -0.2) is 0 Å². The molecule has 0 radical (unpaired) electrons. The molecule has 6 heteroatoms. The topological polar surface area (TPSA) is 15.3 Å². The highest BCUT2D eigenvalue weighted by Gasteiger charge is 2.32. The van der Waals surface area contributed by atoms with Crippen molar-refractivity contribution >= 4 is 15.9 Å². The van der Waals surface area contributed by atoms with Crippen molar-refractivity contribution in [2.24, 2.45) is 0 Å². The van der Waals surface area contributed by atoms with E-state index in [1.807, 2.05) is 18.2 Å². The molecule has 2 rings (SSSR count). The molecular formula is C15H20BrF3N2. The Morgan fingerprint density at radius 2 is 1.90 bits per heavy atom. The lowest BCUT2D eigenvalue weighted by Crippen LogP contribution is -2.46. The normalized spacial score (nSPS) is 19.7. The molecule has 0 bridgehead atoms. The summed E-state index contributed by atoms with van der Waals surface area (Å²) in [6.45, 7) is 2.29. The predicted octanol–water partition coefficient (Wildman–Crippen LogP) is 4.13. The van der Waals surface area contributed by atoms with E-state index in [0.29, 0.717) is 13.1 Å². The predicted molar refractivity (Wildman–Crippen MR) is 81.2 cm³/mol. The fourth-order valence-electron chi connectivity index (χ4n) is 2.78. The highest BCUT2D eigenvalue weighted by Crippen LogP contribution is 2.25. The van der Waals surface area contributed by atoms with E-state index < -0.39 is 12.7 Å². The Bertz CT molecular complexity index is 456. The van der Waals surface area contributed by atoms with Crippen molar-refractivity contribution in [1.82, 2.24) is 10.2 Å². The monoisotopic (exact) mass is 364 g/mol. The van der Waals surface area contributed by atoms with Crippen LogP contribution < -0.4 is 5.32 Å². The molecule has 1 aromatic rings. The number of alkyl halides is 3. The second-order valence-electron chi connectivity index (χ2n) is 5.58. The van der Waals surface area contributed by atoms with Gasteiger partial charge < -0.3 is 5.32 Å². The van der Waals surface area contributed by atoms with Crippen LogP contribution in [-0.2, 0) is 0 Å². The van der Waals surface area contributed by atoms with Crippen LogP contribution in [0.15, 0.2) is 28.7 Å². The van der Waals surface area contributed by atoms with Crippen LogP contribution in [0.1, 0.15) is 31.4 Å². The summed E-state index contributed by atoms with van der Waals surface area (Å²) in [6, 6.07) is 8.47. The summed E-state index contributed by atoms with van der Waals surface area (Å²) in [7, 11) is 0. The molecule has 1 saturated heterocycles. The first-order valence-electron chi connectivity index (χ1n) is 7.15. The Morgan fingerprint density at radius 1 is 1.29 bits per heavy atom. The Hall–Kier alpha value is -0.590. The molecule has 1 N–H and O–H groups in total. The number of hydrogen-bond acceptors (Lipinski definition) is 2. The van der Waals surface area contributed by atoms with Crippen molar-refractivity contribution in [1.29, 1.82) is 0 Å². The highest BCUT2D eigenvalue weighted by atomic mass is 79.9. The van der Waals surface area contributed by atoms with E-state index in [9.17, 15) is 13.2 Å². The Kier molecular flexibility index (Phi) is 5.68. The van der Waals surface area contributed by atoms with Crippen molar-refractivity contribution in [3.8, 4) is 0 Å². The van der Waals surface area contributed by atoms with Crippen LogP contribution in [0.3, 0.4) is 0 Å². The van der Waals surface area contributed by atoms with Crippen molar-refractivity contribution in [2.45, 2.75) is 38.0 Å². The molecule has 0 saturated carbocycles. The number of hydrogen-bond donors (Lipinski definition) is 1. The number of likely N-dealkylation sites (tertiary alicyclic amines) is 1. The number of nitrogens with zero attached hydrogens (tertiary/aromatic N) is 1. The average molecular weight is 365 g/mol. The van der Waals surface area contributed by atoms with Crippen molar-refractivity contribution in [3.05, 3.63) is 34.3 Å². The number of nitrogens with one attached hydrogen (secondary N) is 1. The van der Waals surface area contributed by atoms with Gasteiger partial charge in [0.25, 0.3) is 0 Å². The van der Waals surface area contributed by atoms with Crippen LogP contribution in [0.25, 0.3) is 0 Å². The first-order valence-corrected chi connectivity index (χ1v) is 7.94. The van der Waals surface area contributed by atoms with E-state index in [0.717, 1.165) is 17.3 Å². The SMILES string of the molecule is C[C@@H](NC1CCN(CC(F)(F)F)CC1)c1ccccc1Br. The fourth-order valence-corrected chi connectivity index (χ4v) is 3.41. The maximum Gasteiger partial charge on any atom is 0.401 e. The van der Waals surface area contributed by atoms with Gasteiger partial charge in [-0.15, -0.1) is 0 Å². The van der Waals surface area contributed by atoms with Crippen molar-refractivity contribution < 1.29 is 13.2 Å². The van der Waals surface area contributed by atoms with E-state index in [2.05, 4.69) is 34.2 Å². The number of piperidine rings is 1. The van der Waals surface area contributed by atoms with E-state index in [-0.39, 0.29) is 12.1 Å². The number of halogens is 4. The van der Waals surface area contributed by atoms with Crippen LogP contribution in [0.5, 0.6) is 0 Å². The first kappa shape index (κ1) is 16.8. The molecule has 0 unspecified atom stereocenters. The molecule has 1 fully saturated rings. The minimum absolute atomic E-state index is 0.180. The molecule has 1 aromatic carbocycles. The molecular weight excluding hydrogens is 345 g/mol.